The molecule has 0 aromatic heterocycles. The Morgan fingerprint density at radius 1 is 0.931 bits per heavy atom. The number of carbonyl (C=O) groups excluding carboxylic acids is 4. The van der Waals surface area contributed by atoms with Gasteiger partial charge in [-0.25, -0.2) is 0 Å². The molecule has 538 valence electrons. The van der Waals surface area contributed by atoms with Crippen molar-refractivity contribution in [3.05, 3.63) is 156 Å². The third-order valence-electron chi connectivity index (χ3n) is 25.1. The first-order valence-corrected chi connectivity index (χ1v) is 36.7. The highest BCUT2D eigenvalue weighted by Crippen LogP contribution is 2.60. The summed E-state index contributed by atoms with van der Waals surface area (Å²) in [4.78, 5) is 59.8. The van der Waals surface area contributed by atoms with Gasteiger partial charge in [-0.05, 0) is 164 Å². The smallest absolute Gasteiger partial charge is 0.242 e. The molecule has 5 aliphatic carbocycles. The van der Waals surface area contributed by atoms with Crippen LogP contribution in [0.3, 0.4) is 0 Å². The van der Waals surface area contributed by atoms with Crippen molar-refractivity contribution in [2.45, 2.75) is 200 Å². The van der Waals surface area contributed by atoms with Crippen LogP contribution in [0, 0.1) is 35.0 Å². The Morgan fingerprint density at radius 3 is 2.60 bits per heavy atom. The number of anilines is 1. The van der Waals surface area contributed by atoms with Crippen molar-refractivity contribution in [3.8, 4) is 23.3 Å². The minimum Gasteiger partial charge on any atom is -0.486 e. The Kier molecular flexibility index (Phi) is 17.5. The van der Waals surface area contributed by atoms with E-state index >= 15 is 9.59 Å². The van der Waals surface area contributed by atoms with E-state index in [1.54, 1.807) is 12.1 Å². The fourth-order valence-corrected chi connectivity index (χ4v) is 20.2. The van der Waals surface area contributed by atoms with Gasteiger partial charge >= 0.3 is 0 Å². The van der Waals surface area contributed by atoms with Crippen LogP contribution in [0.4, 0.5) is 5.69 Å². The van der Waals surface area contributed by atoms with Crippen molar-refractivity contribution >= 4 is 29.4 Å². The second-order valence-electron chi connectivity index (χ2n) is 30.7. The summed E-state index contributed by atoms with van der Waals surface area (Å²) in [7, 11) is 1.92. The number of fused-ring (bicyclic) bond motifs is 16. The monoisotopic (exact) mass is 1390 g/mol. The molecule has 17 rings (SSSR count). The summed E-state index contributed by atoms with van der Waals surface area (Å²) in [6, 6.07) is 17.2. The van der Waals surface area contributed by atoms with Gasteiger partial charge in [-0.15, -0.1) is 0 Å². The summed E-state index contributed by atoms with van der Waals surface area (Å²) in [6.07, 6.45) is -2.75. The molecule has 2 spiro atoms. The molecule has 6 fully saturated rings. The molecule has 8 aliphatic heterocycles. The van der Waals surface area contributed by atoms with Crippen molar-refractivity contribution in [1.82, 2.24) is 31.9 Å². The number of amides is 1. The number of aliphatic hydroxyl groups is 6. The summed E-state index contributed by atoms with van der Waals surface area (Å²) >= 11 is 0. The average Bonchev–Trinajstić information content (AvgIpc) is 1.37. The third kappa shape index (κ3) is 10.8. The SMILES string of the molecule is CNCc1cc2cc3c1CC1=C4CCC5CCCC5NC4C4=C(N)NCC=C4C1(COC1C4Oc5c(cc6c(c5OCC(O)CC=O)C(=O)c5cc(CO)ccc5C6=O)C(c5ccccc5N5CNC6C(=O)NC(N)NC65)C5CCC(O)C(C#CC(O)(C1O)C(O4)C1(CCCC1)OC5)C2)C(O)C3. The molecule has 102 heavy (non-hydrogen) atoms. The molecular weight excluding hydrogens is 1300 g/mol. The van der Waals surface area contributed by atoms with E-state index in [-0.39, 0.29) is 109 Å². The zero-order valence-corrected chi connectivity index (χ0v) is 57.2. The van der Waals surface area contributed by atoms with Crippen LogP contribution in [0.1, 0.15) is 154 Å². The van der Waals surface area contributed by atoms with Gasteiger partial charge in [-0.3, -0.25) is 30.8 Å². The summed E-state index contributed by atoms with van der Waals surface area (Å²) in [6.45, 7) is -0.549. The molecule has 24 nitrogen and oxygen atoms in total. The first kappa shape index (κ1) is 67.7. The lowest BCUT2D eigenvalue weighted by Crippen LogP contribution is -2.72. The minimum atomic E-state index is -2.57. The highest BCUT2D eigenvalue weighted by molar-refractivity contribution is 6.29. The normalized spacial score (nSPS) is 35.1. The number of carbonyl (C=O) groups is 4. The molecule has 4 saturated heterocycles. The van der Waals surface area contributed by atoms with Gasteiger partial charge in [0, 0.05) is 65.0 Å². The summed E-state index contributed by atoms with van der Waals surface area (Å²) in [5.74, 6) is 2.77. The molecule has 4 aromatic rings. The average molecular weight is 1390 g/mol. The van der Waals surface area contributed by atoms with Crippen LogP contribution in [0.2, 0.25) is 0 Å². The highest BCUT2D eigenvalue weighted by atomic mass is 16.7. The van der Waals surface area contributed by atoms with Crippen molar-refractivity contribution in [2.24, 2.45) is 34.6 Å². The fraction of sp³-hybridized carbons (Fsp3) is 0.538. The van der Waals surface area contributed by atoms with Crippen LogP contribution in [0.5, 0.6) is 11.5 Å². The second-order valence-corrected chi connectivity index (χ2v) is 30.7. The minimum absolute atomic E-state index is 0.0433. The van der Waals surface area contributed by atoms with E-state index in [9.17, 15) is 40.2 Å². The summed E-state index contributed by atoms with van der Waals surface area (Å²) in [5, 5.41) is 98.8. The van der Waals surface area contributed by atoms with E-state index in [1.165, 1.54) is 12.1 Å². The van der Waals surface area contributed by atoms with E-state index in [4.69, 9.17) is 35.2 Å². The van der Waals surface area contributed by atoms with Gasteiger partial charge in [0.2, 0.25) is 12.2 Å². The Bertz CT molecular complexity index is 4270. The van der Waals surface area contributed by atoms with Crippen LogP contribution in [-0.4, -0.2) is 179 Å². The number of ketones is 2. The highest BCUT2D eigenvalue weighted by Gasteiger charge is 2.66. The zero-order valence-electron chi connectivity index (χ0n) is 57.2. The molecule has 18 unspecified atom stereocenters. The number of nitrogens with two attached hydrogens (primary N) is 2. The molecule has 24 heteroatoms. The molecular formula is C78H91N9O15. The van der Waals surface area contributed by atoms with Crippen LogP contribution < -0.4 is 57.7 Å². The first-order valence-electron chi connectivity index (χ1n) is 36.7. The van der Waals surface area contributed by atoms with E-state index < -0.39 is 121 Å². The number of nitrogens with one attached hydrogen (secondary N) is 6. The molecule has 8 heterocycles. The van der Waals surface area contributed by atoms with Gasteiger partial charge in [0.05, 0.1) is 73.3 Å². The number of aldehydes is 1. The molecule has 1 amide bonds. The van der Waals surface area contributed by atoms with E-state index in [2.05, 4.69) is 62.0 Å². The maximum atomic E-state index is 15.9. The van der Waals surface area contributed by atoms with E-state index in [0.29, 0.717) is 86.5 Å². The molecule has 16 N–H and O–H groups in total. The zero-order chi connectivity index (χ0) is 70.3. The number of ether oxygens (including phenoxy) is 5. The number of para-hydroxylation sites is 1. The summed E-state index contributed by atoms with van der Waals surface area (Å²) < 4.78 is 37.6. The maximum Gasteiger partial charge on any atom is 0.242 e. The van der Waals surface area contributed by atoms with Gasteiger partial charge in [-0.2, -0.15) is 0 Å². The molecule has 18 atom stereocenters. The Balaban J connectivity index is 0.951. The first-order chi connectivity index (χ1) is 49.4. The van der Waals surface area contributed by atoms with Crippen molar-refractivity contribution in [3.63, 3.8) is 0 Å². The number of dihydropyridines is 1. The van der Waals surface area contributed by atoms with Gasteiger partial charge in [0.1, 0.15) is 55.5 Å². The van der Waals surface area contributed by atoms with Crippen molar-refractivity contribution < 1.29 is 73.5 Å². The van der Waals surface area contributed by atoms with Gasteiger partial charge in [0.15, 0.2) is 28.7 Å². The quantitative estimate of drug-likeness (QED) is 0.0541. The molecule has 2 saturated carbocycles. The van der Waals surface area contributed by atoms with Gasteiger partial charge in [-0.1, -0.05) is 73.6 Å². The van der Waals surface area contributed by atoms with Gasteiger partial charge < -0.3 is 91.0 Å². The number of nitrogens with zero attached hydrogens (tertiary/aromatic N) is 1. The summed E-state index contributed by atoms with van der Waals surface area (Å²) in [5.41, 5.74) is 17.4. The van der Waals surface area contributed by atoms with Crippen molar-refractivity contribution in [2.75, 3.05) is 45.0 Å². The standard InChI is InChI=1S/C78H91N9O15/c1-81-32-44-27-39-25-41-17-22-78(97)69(95)68(99-36-77-53-18-23-82-70(79)61(53)62-47(15-12-40-7-6-9-55(40)84-62)54(77)31-49(44)43(26-39)29-58(77)92)73-101-66-52(30-51-60(67(66)98-35-45(90)19-24-88)65(94)50-28-38(33-89)11-14-46(50)64(51)93)59(42(13-16-57(41)91)34-100-76(74(78)102-73)20-4-5-21-76)48-8-2-3-10-56(48)87-37-83-63-71(87)85-75(80)86-72(63)96/h2-3,8,10-11,14,18,24,26-28,30,40-42,45,55,57-59,62-63,68-69,71,73-75,81-85,89-92,95,97H,4-7,9,12-13,15-16,19-21,23,25,29,31-37,79-80H2,1H3,(H,86,96). The maximum absolute atomic E-state index is 15.9. The van der Waals surface area contributed by atoms with Crippen LogP contribution in [0.15, 0.2) is 94.9 Å². The Morgan fingerprint density at radius 2 is 1.77 bits per heavy atom. The lowest BCUT2D eigenvalue weighted by Gasteiger charge is -2.54. The molecule has 9 bridgehead atoms. The van der Waals surface area contributed by atoms with E-state index in [1.807, 2.05) is 36.2 Å². The number of hydrogen-bond acceptors (Lipinski definition) is 23. The number of benzene rings is 4. The fourth-order valence-electron chi connectivity index (χ4n) is 20.2. The second kappa shape index (κ2) is 26.3. The largest absolute Gasteiger partial charge is 0.486 e. The van der Waals surface area contributed by atoms with Gasteiger partial charge in [0.25, 0.3) is 0 Å². The van der Waals surface area contributed by atoms with Crippen LogP contribution in [0.25, 0.3) is 0 Å². The third-order valence-corrected chi connectivity index (χ3v) is 25.1. The molecule has 13 aliphatic rings. The number of rotatable bonds is 10. The molecule has 0 radical (unpaired) electrons. The Labute approximate surface area is 591 Å². The number of hydrogen-bond donors (Lipinski definition) is 14. The lowest BCUT2D eigenvalue weighted by molar-refractivity contribution is -0.337. The molecule has 4 aromatic carbocycles. The van der Waals surface area contributed by atoms with Crippen LogP contribution in [-0.2, 0) is 56.2 Å². The van der Waals surface area contributed by atoms with Crippen molar-refractivity contribution in [1.29, 1.82) is 0 Å². The number of aliphatic hydroxyl groups excluding tert-OH is 5. The van der Waals surface area contributed by atoms with Crippen LogP contribution >= 0.6 is 0 Å². The topological polar surface area (TPSA) is 363 Å². The predicted molar refractivity (Wildman–Crippen MR) is 371 cm³/mol. The predicted octanol–water partition coefficient (Wildman–Crippen LogP) is 2.11. The Hall–Kier alpha value is -7.42. The lowest BCUT2D eigenvalue weighted by atomic mass is 9.58. The van der Waals surface area contributed by atoms with E-state index in [0.717, 1.165) is 70.2 Å².